The molecular formula is C27H32O9. The highest BCUT2D eigenvalue weighted by molar-refractivity contribution is 5.85. The van der Waals surface area contributed by atoms with Crippen molar-refractivity contribution >= 4 is 17.9 Å². The average molecular weight is 501 g/mol. The summed E-state index contributed by atoms with van der Waals surface area (Å²) in [5.74, 6) is -1.77. The second-order valence-electron chi connectivity index (χ2n) is 10.6. The SMILES string of the molecule is CC1=CC(=O)OCC23CCC(C)=C[C@H]2O[C@@H]2C(O)C(OC(=O)/C=C/C=C/C(=O)OCC1)C3(C)C21CO1. The van der Waals surface area contributed by atoms with Crippen molar-refractivity contribution in [3.63, 3.8) is 0 Å². The number of esters is 3. The zero-order chi connectivity index (χ0) is 25.7. The van der Waals surface area contributed by atoms with E-state index in [2.05, 4.69) is 0 Å². The first-order valence-corrected chi connectivity index (χ1v) is 12.3. The summed E-state index contributed by atoms with van der Waals surface area (Å²) in [6, 6.07) is 0. The number of rotatable bonds is 0. The molecule has 7 atom stereocenters. The van der Waals surface area contributed by atoms with Gasteiger partial charge in [0.05, 0.1) is 24.7 Å². The standard InChI is InChI=1S/C27H32O9/c1-16-8-10-26-14-33-21(30)13-17(2)9-11-32-19(28)6-4-5-7-20(29)36-23-22(31)24(35-18(26)12-16)27(15-34-27)25(23,26)3/h4-7,12-13,18,22-24,31H,8-11,14-15H2,1-3H3/b6-4+,7-5+,17-13?/t18-,22?,23?,24-,25?,26?,27?/m1/s1. The van der Waals surface area contributed by atoms with Crippen LogP contribution in [0.15, 0.2) is 47.6 Å². The van der Waals surface area contributed by atoms with Crippen LogP contribution in [0.4, 0.5) is 0 Å². The van der Waals surface area contributed by atoms with Gasteiger partial charge in [-0.3, -0.25) is 0 Å². The first kappa shape index (κ1) is 24.9. The van der Waals surface area contributed by atoms with Crippen LogP contribution in [0.3, 0.4) is 0 Å². The Kier molecular flexibility index (Phi) is 6.21. The topological polar surface area (TPSA) is 121 Å². The van der Waals surface area contributed by atoms with Gasteiger partial charge in [-0.2, -0.15) is 0 Å². The fraction of sp³-hybridized carbons (Fsp3) is 0.593. The van der Waals surface area contributed by atoms with E-state index in [0.29, 0.717) is 25.0 Å². The number of allylic oxidation sites excluding steroid dienone is 3. The van der Waals surface area contributed by atoms with Gasteiger partial charge in [-0.1, -0.05) is 36.3 Å². The normalized spacial score (nSPS) is 44.6. The third-order valence-corrected chi connectivity index (χ3v) is 8.65. The largest absolute Gasteiger partial charge is 0.462 e. The minimum atomic E-state index is -1.13. The molecule has 3 heterocycles. The molecule has 1 N–H and O–H groups in total. The second kappa shape index (κ2) is 8.97. The predicted octanol–water partition coefficient (Wildman–Crippen LogP) is 2.09. The smallest absolute Gasteiger partial charge is 0.331 e. The van der Waals surface area contributed by atoms with Gasteiger partial charge in [0.15, 0.2) is 0 Å². The number of carbonyl (C=O) groups excluding carboxylic acids is 3. The Hall–Kier alpha value is -2.75. The van der Waals surface area contributed by atoms with E-state index in [4.69, 9.17) is 23.7 Å². The molecule has 2 spiro atoms. The molecule has 9 nitrogen and oxygen atoms in total. The molecular weight excluding hydrogens is 468 g/mol. The van der Waals surface area contributed by atoms with Crippen molar-refractivity contribution in [1.29, 1.82) is 0 Å². The van der Waals surface area contributed by atoms with E-state index < -0.39 is 58.8 Å². The number of cyclic esters (lactones) is 2. The maximum atomic E-state index is 12.8. The summed E-state index contributed by atoms with van der Waals surface area (Å²) < 4.78 is 29.3. The molecule has 5 rings (SSSR count). The van der Waals surface area contributed by atoms with Gasteiger partial charge in [0.2, 0.25) is 0 Å². The minimum Gasteiger partial charge on any atom is -0.462 e. The summed E-state index contributed by atoms with van der Waals surface area (Å²) >= 11 is 0. The Morgan fingerprint density at radius 3 is 2.36 bits per heavy atom. The van der Waals surface area contributed by atoms with Crippen LogP contribution in [0.25, 0.3) is 0 Å². The van der Waals surface area contributed by atoms with Crippen LogP contribution in [0.1, 0.15) is 40.0 Å². The molecule has 1 saturated carbocycles. The monoisotopic (exact) mass is 500 g/mol. The van der Waals surface area contributed by atoms with Crippen LogP contribution >= 0.6 is 0 Å². The maximum absolute atomic E-state index is 12.8. The van der Waals surface area contributed by atoms with Crippen molar-refractivity contribution in [2.75, 3.05) is 19.8 Å². The van der Waals surface area contributed by atoms with Gasteiger partial charge in [0.25, 0.3) is 0 Å². The van der Waals surface area contributed by atoms with Crippen LogP contribution in [0.2, 0.25) is 0 Å². The molecule has 3 fully saturated rings. The van der Waals surface area contributed by atoms with E-state index >= 15 is 0 Å². The highest BCUT2D eigenvalue weighted by Gasteiger charge is 2.85. The average Bonchev–Trinajstić information content (AvgIpc) is 3.61. The summed E-state index contributed by atoms with van der Waals surface area (Å²) in [7, 11) is 0. The van der Waals surface area contributed by atoms with Gasteiger partial charge < -0.3 is 28.8 Å². The molecule has 0 amide bonds. The fourth-order valence-corrected chi connectivity index (χ4v) is 6.50. The lowest BCUT2D eigenvalue weighted by Gasteiger charge is -2.58. The van der Waals surface area contributed by atoms with Crippen molar-refractivity contribution in [2.24, 2.45) is 10.8 Å². The molecule has 2 bridgehead atoms. The first-order valence-electron chi connectivity index (χ1n) is 12.3. The number of epoxide rings is 1. The predicted molar refractivity (Wildman–Crippen MR) is 125 cm³/mol. The van der Waals surface area contributed by atoms with Crippen LogP contribution in [0.5, 0.6) is 0 Å². The number of carbonyl (C=O) groups is 3. The highest BCUT2D eigenvalue weighted by Crippen LogP contribution is 2.72. The third-order valence-electron chi connectivity index (χ3n) is 8.65. The molecule has 5 aliphatic rings. The quantitative estimate of drug-likeness (QED) is 0.231. The zero-order valence-electron chi connectivity index (χ0n) is 20.7. The summed E-state index contributed by atoms with van der Waals surface area (Å²) in [6.45, 7) is 6.21. The van der Waals surface area contributed by atoms with Crippen molar-refractivity contribution < 1.29 is 43.2 Å². The molecule has 2 saturated heterocycles. The lowest BCUT2D eigenvalue weighted by molar-refractivity contribution is -0.232. The Labute approximate surface area is 209 Å². The van der Waals surface area contributed by atoms with E-state index in [9.17, 15) is 19.5 Å². The molecule has 0 aromatic rings. The van der Waals surface area contributed by atoms with Crippen LogP contribution in [-0.4, -0.2) is 72.9 Å². The van der Waals surface area contributed by atoms with Crippen molar-refractivity contribution in [3.05, 3.63) is 47.6 Å². The van der Waals surface area contributed by atoms with E-state index in [0.717, 1.165) is 12.0 Å². The van der Waals surface area contributed by atoms with Crippen molar-refractivity contribution in [1.82, 2.24) is 0 Å². The summed E-state index contributed by atoms with van der Waals surface area (Å²) in [6.07, 6.45) is 7.09. The fourth-order valence-electron chi connectivity index (χ4n) is 6.50. The third kappa shape index (κ3) is 3.76. The first-order chi connectivity index (χ1) is 17.1. The Morgan fingerprint density at radius 1 is 0.917 bits per heavy atom. The molecule has 36 heavy (non-hydrogen) atoms. The van der Waals surface area contributed by atoms with E-state index in [1.807, 2.05) is 19.9 Å². The van der Waals surface area contributed by atoms with Crippen molar-refractivity contribution in [3.8, 4) is 0 Å². The summed E-state index contributed by atoms with van der Waals surface area (Å²) in [5.41, 5.74) is -0.668. The molecule has 9 heteroatoms. The lowest BCUT2D eigenvalue weighted by Crippen LogP contribution is -2.66. The molecule has 0 aromatic heterocycles. The molecule has 0 radical (unpaired) electrons. The molecule has 2 aliphatic carbocycles. The maximum Gasteiger partial charge on any atom is 0.331 e. The molecule has 194 valence electrons. The lowest BCUT2D eigenvalue weighted by atomic mass is 9.51. The Morgan fingerprint density at radius 2 is 1.64 bits per heavy atom. The van der Waals surface area contributed by atoms with Gasteiger partial charge in [-0.15, -0.1) is 0 Å². The second-order valence-corrected chi connectivity index (χ2v) is 10.6. The van der Waals surface area contributed by atoms with E-state index in [1.165, 1.54) is 30.4 Å². The number of aliphatic hydroxyl groups is 1. The van der Waals surface area contributed by atoms with Gasteiger partial charge in [0, 0.05) is 30.1 Å². The molecule has 0 aromatic carbocycles. The van der Waals surface area contributed by atoms with Gasteiger partial charge in [-0.05, 0) is 26.7 Å². The summed E-state index contributed by atoms with van der Waals surface area (Å²) in [5, 5.41) is 11.3. The van der Waals surface area contributed by atoms with Crippen LogP contribution in [-0.2, 0) is 38.1 Å². The van der Waals surface area contributed by atoms with E-state index in [1.54, 1.807) is 6.92 Å². The van der Waals surface area contributed by atoms with Gasteiger partial charge >= 0.3 is 17.9 Å². The number of hydrogen-bond acceptors (Lipinski definition) is 9. The van der Waals surface area contributed by atoms with Gasteiger partial charge in [0.1, 0.15) is 30.5 Å². The zero-order valence-corrected chi connectivity index (χ0v) is 20.7. The summed E-state index contributed by atoms with van der Waals surface area (Å²) in [4.78, 5) is 37.4. The molecule has 5 unspecified atom stereocenters. The Bertz CT molecular complexity index is 1080. The van der Waals surface area contributed by atoms with Crippen LogP contribution < -0.4 is 0 Å². The Balaban J connectivity index is 1.57. The van der Waals surface area contributed by atoms with Crippen molar-refractivity contribution in [2.45, 2.75) is 70.1 Å². The number of aliphatic hydroxyl groups excluding tert-OH is 1. The minimum absolute atomic E-state index is 0.00667. The highest BCUT2D eigenvalue weighted by atomic mass is 16.7. The van der Waals surface area contributed by atoms with Crippen LogP contribution in [0, 0.1) is 10.8 Å². The molecule has 3 aliphatic heterocycles. The van der Waals surface area contributed by atoms with Gasteiger partial charge in [-0.25, -0.2) is 14.4 Å². The number of hydrogen-bond donors (Lipinski definition) is 1. The van der Waals surface area contributed by atoms with E-state index in [-0.39, 0.29) is 13.2 Å². The number of ether oxygens (including phenoxy) is 5.